The van der Waals surface area contributed by atoms with Gasteiger partial charge in [0.25, 0.3) is 0 Å². The molecule has 4 nitrogen and oxygen atoms in total. The molecular weight excluding hydrogens is 280 g/mol. The zero-order valence-electron chi connectivity index (χ0n) is 13.8. The highest BCUT2D eigenvalue weighted by molar-refractivity contribution is 5.46. The molecule has 0 amide bonds. The Morgan fingerprint density at radius 3 is 1.00 bits per heavy atom. The van der Waals surface area contributed by atoms with Gasteiger partial charge in [0, 0.05) is 0 Å². The lowest BCUT2D eigenvalue weighted by Gasteiger charge is -2.23. The molecule has 22 heavy (non-hydrogen) atoms. The zero-order valence-corrected chi connectivity index (χ0v) is 13.8. The summed E-state index contributed by atoms with van der Waals surface area (Å²) in [5, 5.41) is 0. The Morgan fingerprint density at radius 2 is 0.773 bits per heavy atom. The van der Waals surface area contributed by atoms with Crippen LogP contribution in [0, 0.1) is 0 Å². The van der Waals surface area contributed by atoms with Crippen LogP contribution in [0.1, 0.15) is 27.7 Å². The highest BCUT2D eigenvalue weighted by Crippen LogP contribution is 2.28. The van der Waals surface area contributed by atoms with Crippen molar-refractivity contribution >= 4 is 0 Å². The van der Waals surface area contributed by atoms with E-state index in [0.717, 1.165) is 22.3 Å². The van der Waals surface area contributed by atoms with E-state index in [4.69, 9.17) is 18.9 Å². The van der Waals surface area contributed by atoms with E-state index in [1.807, 2.05) is 27.7 Å². The van der Waals surface area contributed by atoms with Gasteiger partial charge < -0.3 is 18.9 Å². The summed E-state index contributed by atoms with van der Waals surface area (Å²) in [6, 6.07) is 0. The summed E-state index contributed by atoms with van der Waals surface area (Å²) in [6.45, 7) is 9.97. The third kappa shape index (κ3) is 3.58. The van der Waals surface area contributed by atoms with Crippen LogP contribution in [0.3, 0.4) is 0 Å². The van der Waals surface area contributed by atoms with Crippen LogP contribution >= 0.6 is 0 Å². The van der Waals surface area contributed by atoms with Crippen LogP contribution < -0.4 is 0 Å². The first-order valence-corrected chi connectivity index (χ1v) is 7.71. The van der Waals surface area contributed by atoms with E-state index in [0.29, 0.717) is 26.4 Å². The summed E-state index contributed by atoms with van der Waals surface area (Å²) in [4.78, 5) is 0. The Morgan fingerprint density at radius 1 is 0.545 bits per heavy atom. The van der Waals surface area contributed by atoms with E-state index in [-0.39, 0.29) is 0 Å². The Labute approximate surface area is 132 Å². The van der Waals surface area contributed by atoms with Crippen molar-refractivity contribution in [2.24, 2.45) is 0 Å². The van der Waals surface area contributed by atoms with E-state index < -0.39 is 11.6 Å². The van der Waals surface area contributed by atoms with Crippen LogP contribution in [0.4, 0.5) is 0 Å². The van der Waals surface area contributed by atoms with E-state index >= 15 is 0 Å². The van der Waals surface area contributed by atoms with Gasteiger partial charge in [-0.15, -0.1) is 0 Å². The van der Waals surface area contributed by atoms with Crippen LogP contribution in [0.25, 0.3) is 0 Å². The molecule has 0 atom stereocenters. The fourth-order valence-corrected chi connectivity index (χ4v) is 2.48. The van der Waals surface area contributed by atoms with Crippen molar-refractivity contribution in [2.75, 3.05) is 26.4 Å². The summed E-state index contributed by atoms with van der Waals surface area (Å²) in [6.07, 6.45) is 8.45. The fraction of sp³-hybridized carbons (Fsp3) is 0.556. The zero-order chi connectivity index (χ0) is 15.8. The molecule has 0 aromatic rings. The topological polar surface area (TPSA) is 36.9 Å². The van der Waals surface area contributed by atoms with Crippen molar-refractivity contribution in [2.45, 2.75) is 39.3 Å². The van der Waals surface area contributed by atoms with Crippen LogP contribution in [0.15, 0.2) is 46.6 Å². The lowest BCUT2D eigenvalue weighted by Crippen LogP contribution is -2.27. The van der Waals surface area contributed by atoms with Gasteiger partial charge in [0.15, 0.2) is 11.6 Å². The van der Waals surface area contributed by atoms with Crippen molar-refractivity contribution in [1.82, 2.24) is 0 Å². The molecule has 0 aromatic heterocycles. The predicted octanol–water partition coefficient (Wildman–Crippen LogP) is 3.27. The average molecular weight is 304 g/mol. The summed E-state index contributed by atoms with van der Waals surface area (Å²) >= 11 is 0. The standard InChI is InChI=1S/C18H24O4/c1-17(2)19-9-13-5-7-15-11-21-18(3,4)22-12-16(15)8-6-14(13)10-20-17/h5-8H,9-12H2,1-4H3/b7-5-,8-6-,13-5?,14-6?,15-7?,16-8?. The Hall–Kier alpha value is -1.20. The van der Waals surface area contributed by atoms with E-state index in [2.05, 4.69) is 24.3 Å². The molecular formula is C18H24O4. The second-order valence-corrected chi connectivity index (χ2v) is 6.72. The van der Waals surface area contributed by atoms with Crippen molar-refractivity contribution in [3.05, 3.63) is 46.6 Å². The fourth-order valence-electron chi connectivity index (χ4n) is 2.48. The van der Waals surface area contributed by atoms with Crippen molar-refractivity contribution in [3.8, 4) is 0 Å². The van der Waals surface area contributed by atoms with Gasteiger partial charge in [-0.05, 0) is 50.0 Å². The lowest BCUT2D eigenvalue weighted by atomic mass is 10.00. The smallest absolute Gasteiger partial charge is 0.163 e. The number of hydrogen-bond donors (Lipinski definition) is 0. The summed E-state index contributed by atoms with van der Waals surface area (Å²) in [5.74, 6) is -1.10. The molecule has 2 heterocycles. The lowest BCUT2D eigenvalue weighted by molar-refractivity contribution is -0.197. The van der Waals surface area contributed by atoms with E-state index in [1.165, 1.54) is 0 Å². The first kappa shape index (κ1) is 15.7. The van der Waals surface area contributed by atoms with Crippen LogP contribution in [0.2, 0.25) is 0 Å². The van der Waals surface area contributed by atoms with Gasteiger partial charge in [-0.25, -0.2) is 0 Å². The first-order chi connectivity index (χ1) is 10.3. The summed E-state index contributed by atoms with van der Waals surface area (Å²) < 4.78 is 23.3. The Kier molecular flexibility index (Phi) is 4.12. The minimum atomic E-state index is -0.552. The number of ether oxygens (including phenoxy) is 4. The van der Waals surface area contributed by atoms with Crippen LogP contribution in [-0.4, -0.2) is 38.0 Å². The largest absolute Gasteiger partial charge is 0.346 e. The van der Waals surface area contributed by atoms with Gasteiger partial charge in [0.05, 0.1) is 26.4 Å². The molecule has 0 radical (unpaired) electrons. The quantitative estimate of drug-likeness (QED) is 0.688. The normalized spacial score (nSPS) is 30.4. The van der Waals surface area contributed by atoms with Crippen molar-refractivity contribution < 1.29 is 18.9 Å². The molecule has 2 aliphatic heterocycles. The van der Waals surface area contributed by atoms with Crippen LogP contribution in [0.5, 0.6) is 0 Å². The third-order valence-corrected chi connectivity index (χ3v) is 4.10. The molecule has 3 aliphatic rings. The molecule has 0 fully saturated rings. The molecule has 0 saturated heterocycles. The van der Waals surface area contributed by atoms with Gasteiger partial charge in [-0.1, -0.05) is 24.3 Å². The number of rotatable bonds is 0. The second-order valence-electron chi connectivity index (χ2n) is 6.72. The summed E-state index contributed by atoms with van der Waals surface area (Å²) in [5.41, 5.74) is 4.60. The highest BCUT2D eigenvalue weighted by Gasteiger charge is 2.26. The van der Waals surface area contributed by atoms with Crippen molar-refractivity contribution in [3.63, 3.8) is 0 Å². The first-order valence-electron chi connectivity index (χ1n) is 7.71. The molecule has 0 spiro atoms. The molecule has 4 heteroatoms. The minimum Gasteiger partial charge on any atom is -0.346 e. The minimum absolute atomic E-state index is 0.550. The van der Waals surface area contributed by atoms with E-state index in [9.17, 15) is 0 Å². The maximum atomic E-state index is 5.81. The predicted molar refractivity (Wildman–Crippen MR) is 84.3 cm³/mol. The molecule has 0 N–H and O–H groups in total. The molecule has 120 valence electrons. The maximum Gasteiger partial charge on any atom is 0.163 e. The molecule has 3 rings (SSSR count). The molecule has 0 bridgehead atoms. The van der Waals surface area contributed by atoms with Gasteiger partial charge in [0.2, 0.25) is 0 Å². The maximum absolute atomic E-state index is 5.81. The molecule has 0 saturated carbocycles. The molecule has 1 aliphatic carbocycles. The Bertz CT molecular complexity index is 480. The average Bonchev–Trinajstić information content (AvgIpc) is 2.65. The van der Waals surface area contributed by atoms with Crippen molar-refractivity contribution in [1.29, 1.82) is 0 Å². The van der Waals surface area contributed by atoms with Gasteiger partial charge in [0.1, 0.15) is 0 Å². The Balaban J connectivity index is 1.84. The van der Waals surface area contributed by atoms with Crippen LogP contribution in [-0.2, 0) is 18.9 Å². The molecule has 0 aromatic carbocycles. The van der Waals surface area contributed by atoms with Gasteiger partial charge in [-0.3, -0.25) is 0 Å². The second kappa shape index (κ2) is 5.78. The van der Waals surface area contributed by atoms with Gasteiger partial charge >= 0.3 is 0 Å². The van der Waals surface area contributed by atoms with E-state index in [1.54, 1.807) is 0 Å². The number of hydrogen-bond acceptors (Lipinski definition) is 4. The highest BCUT2D eigenvalue weighted by atomic mass is 16.7. The molecule has 0 unspecified atom stereocenters. The SMILES string of the molecule is CC1(C)OCC2=C(/C=C\C3=C(/C=C\2)COC(C)(C)OC3)CO1. The monoisotopic (exact) mass is 304 g/mol. The van der Waals surface area contributed by atoms with Gasteiger partial charge in [-0.2, -0.15) is 0 Å². The summed E-state index contributed by atoms with van der Waals surface area (Å²) in [7, 11) is 0. The third-order valence-electron chi connectivity index (χ3n) is 4.10.